The Labute approximate surface area is 105 Å². The van der Waals surface area contributed by atoms with Crippen LogP contribution in [-0.2, 0) is 10.2 Å². The first kappa shape index (κ1) is 15.0. The van der Waals surface area contributed by atoms with Crippen molar-refractivity contribution in [2.45, 2.75) is 24.9 Å². The lowest BCUT2D eigenvalue weighted by atomic mass is 9.79. The maximum atomic E-state index is 12.1. The van der Waals surface area contributed by atoms with Crippen LogP contribution in [0.15, 0.2) is 30.3 Å². The lowest BCUT2D eigenvalue weighted by Gasteiger charge is -2.32. The summed E-state index contributed by atoms with van der Waals surface area (Å²) in [6.45, 7) is 0.896. The summed E-state index contributed by atoms with van der Waals surface area (Å²) in [6, 6.07) is 9.29. The van der Waals surface area contributed by atoms with Gasteiger partial charge in [0.25, 0.3) is 0 Å². The van der Waals surface area contributed by atoms with Gasteiger partial charge in [-0.3, -0.25) is 0 Å². The Hall–Kier alpha value is -1.07. The van der Waals surface area contributed by atoms with Crippen LogP contribution >= 0.6 is 0 Å². The van der Waals surface area contributed by atoms with Crippen molar-refractivity contribution in [1.29, 1.82) is 0 Å². The molecule has 1 aromatic rings. The number of halogens is 3. The first-order valence-corrected chi connectivity index (χ1v) is 5.83. The van der Waals surface area contributed by atoms with Gasteiger partial charge in [-0.15, -0.1) is 0 Å². The molecule has 0 saturated heterocycles. The summed E-state index contributed by atoms with van der Waals surface area (Å²) in [5.41, 5.74) is 6.10. The molecule has 0 amide bonds. The quantitative estimate of drug-likeness (QED) is 0.854. The van der Waals surface area contributed by atoms with Crippen LogP contribution in [0.2, 0.25) is 0 Å². The van der Waals surface area contributed by atoms with Gasteiger partial charge in [-0.1, -0.05) is 37.3 Å². The monoisotopic (exact) mass is 261 g/mol. The number of hydrogen-bond donors (Lipinski definition) is 1. The van der Waals surface area contributed by atoms with E-state index in [1.54, 1.807) is 0 Å². The smallest absolute Gasteiger partial charge is 0.371 e. The zero-order valence-corrected chi connectivity index (χ0v) is 10.3. The largest absolute Gasteiger partial charge is 0.411 e. The summed E-state index contributed by atoms with van der Waals surface area (Å²) < 4.78 is 41.0. The molecule has 0 saturated carbocycles. The average Bonchev–Trinajstić information content (AvgIpc) is 2.35. The van der Waals surface area contributed by atoms with Crippen molar-refractivity contribution in [3.8, 4) is 0 Å². The Kier molecular flexibility index (Phi) is 5.16. The van der Waals surface area contributed by atoms with E-state index < -0.39 is 18.2 Å². The van der Waals surface area contributed by atoms with E-state index >= 15 is 0 Å². The van der Waals surface area contributed by atoms with Crippen LogP contribution in [-0.4, -0.2) is 25.9 Å². The normalized spacial score (nSPS) is 15.4. The van der Waals surface area contributed by atoms with Gasteiger partial charge in [0, 0.05) is 12.0 Å². The molecule has 0 radical (unpaired) electrons. The van der Waals surface area contributed by atoms with Gasteiger partial charge < -0.3 is 10.5 Å². The van der Waals surface area contributed by atoms with Gasteiger partial charge in [0.15, 0.2) is 0 Å². The Morgan fingerprint density at radius 2 is 1.72 bits per heavy atom. The molecule has 1 unspecified atom stereocenters. The highest BCUT2D eigenvalue weighted by molar-refractivity contribution is 5.26. The predicted octanol–water partition coefficient (Wildman–Crippen LogP) is 2.87. The number of rotatable bonds is 6. The second-order valence-corrected chi connectivity index (χ2v) is 4.31. The van der Waals surface area contributed by atoms with E-state index in [0.29, 0.717) is 6.42 Å². The maximum absolute atomic E-state index is 12.1. The van der Waals surface area contributed by atoms with Gasteiger partial charge in [-0.25, -0.2) is 0 Å². The van der Waals surface area contributed by atoms with Crippen LogP contribution in [0.5, 0.6) is 0 Å². The first-order chi connectivity index (χ1) is 8.43. The summed E-state index contributed by atoms with van der Waals surface area (Å²) in [6.07, 6.45) is -3.67. The molecule has 0 spiro atoms. The molecule has 1 aromatic carbocycles. The molecule has 0 fully saturated rings. The van der Waals surface area contributed by atoms with Crippen molar-refractivity contribution in [2.24, 2.45) is 5.73 Å². The Bertz CT molecular complexity index is 347. The van der Waals surface area contributed by atoms with Crippen molar-refractivity contribution in [2.75, 3.05) is 19.8 Å². The van der Waals surface area contributed by atoms with Crippen LogP contribution < -0.4 is 5.73 Å². The molecule has 5 heteroatoms. The molecule has 102 valence electrons. The lowest BCUT2D eigenvalue weighted by Crippen LogP contribution is -2.40. The zero-order valence-electron chi connectivity index (χ0n) is 10.3. The first-order valence-electron chi connectivity index (χ1n) is 5.83. The van der Waals surface area contributed by atoms with Gasteiger partial charge in [-0.05, 0) is 12.0 Å². The molecule has 18 heavy (non-hydrogen) atoms. The van der Waals surface area contributed by atoms with Crippen molar-refractivity contribution in [1.82, 2.24) is 0 Å². The molecule has 0 aliphatic rings. The van der Waals surface area contributed by atoms with Crippen molar-refractivity contribution in [3.63, 3.8) is 0 Å². The van der Waals surface area contributed by atoms with Gasteiger partial charge in [-0.2, -0.15) is 13.2 Å². The predicted molar refractivity (Wildman–Crippen MR) is 64.3 cm³/mol. The van der Waals surface area contributed by atoms with Crippen LogP contribution in [0.25, 0.3) is 0 Å². The second kappa shape index (κ2) is 6.20. The van der Waals surface area contributed by atoms with Crippen LogP contribution in [0, 0.1) is 0 Å². The van der Waals surface area contributed by atoms with E-state index in [1.807, 2.05) is 37.3 Å². The summed E-state index contributed by atoms with van der Waals surface area (Å²) >= 11 is 0. The van der Waals surface area contributed by atoms with E-state index in [0.717, 1.165) is 5.56 Å². The molecule has 1 rings (SSSR count). The fourth-order valence-corrected chi connectivity index (χ4v) is 1.86. The van der Waals surface area contributed by atoms with Gasteiger partial charge in [0.1, 0.15) is 6.61 Å². The number of nitrogens with two attached hydrogens (primary N) is 1. The van der Waals surface area contributed by atoms with Gasteiger partial charge >= 0.3 is 6.18 Å². The third-order valence-electron chi connectivity index (χ3n) is 3.10. The molecular weight excluding hydrogens is 243 g/mol. The third kappa shape index (κ3) is 3.99. The minimum Gasteiger partial charge on any atom is -0.371 e. The van der Waals surface area contributed by atoms with Crippen molar-refractivity contribution in [3.05, 3.63) is 35.9 Å². The Morgan fingerprint density at radius 3 is 2.17 bits per heavy atom. The molecule has 2 nitrogen and oxygen atoms in total. The minimum absolute atomic E-state index is 0.0243. The van der Waals surface area contributed by atoms with Gasteiger partial charge in [0.2, 0.25) is 0 Å². The van der Waals surface area contributed by atoms with Crippen LogP contribution in [0.1, 0.15) is 18.9 Å². The van der Waals surface area contributed by atoms with E-state index in [-0.39, 0.29) is 13.2 Å². The zero-order chi connectivity index (χ0) is 13.6. The van der Waals surface area contributed by atoms with E-state index in [2.05, 4.69) is 0 Å². The maximum Gasteiger partial charge on any atom is 0.411 e. The Balaban J connectivity index is 2.76. The number of alkyl halides is 3. The third-order valence-corrected chi connectivity index (χ3v) is 3.10. The SMILES string of the molecule is CCC(CN)(COCC(F)(F)F)c1ccccc1. The highest BCUT2D eigenvalue weighted by atomic mass is 19.4. The molecule has 0 bridgehead atoms. The fraction of sp³-hybridized carbons (Fsp3) is 0.538. The van der Waals surface area contributed by atoms with E-state index in [1.165, 1.54) is 0 Å². The van der Waals surface area contributed by atoms with Gasteiger partial charge in [0.05, 0.1) is 6.61 Å². The molecule has 0 heterocycles. The summed E-state index contributed by atoms with van der Waals surface area (Å²) in [7, 11) is 0. The summed E-state index contributed by atoms with van der Waals surface area (Å²) in [5, 5.41) is 0. The standard InChI is InChI=1S/C13H18F3NO/c1-2-12(8-17,9-18-10-13(14,15)16)11-6-4-3-5-7-11/h3-7H,2,8-10,17H2,1H3. The molecule has 1 atom stereocenters. The number of benzene rings is 1. The Morgan fingerprint density at radius 1 is 1.11 bits per heavy atom. The fourth-order valence-electron chi connectivity index (χ4n) is 1.86. The van der Waals surface area contributed by atoms with E-state index in [4.69, 9.17) is 10.5 Å². The molecular formula is C13H18F3NO. The topological polar surface area (TPSA) is 35.2 Å². The molecule has 2 N–H and O–H groups in total. The van der Waals surface area contributed by atoms with Crippen molar-refractivity contribution < 1.29 is 17.9 Å². The van der Waals surface area contributed by atoms with E-state index in [9.17, 15) is 13.2 Å². The molecule has 0 aliphatic carbocycles. The number of ether oxygens (including phenoxy) is 1. The van der Waals surface area contributed by atoms with Crippen LogP contribution in [0.4, 0.5) is 13.2 Å². The minimum atomic E-state index is -4.30. The lowest BCUT2D eigenvalue weighted by molar-refractivity contribution is -0.177. The highest BCUT2D eigenvalue weighted by Gasteiger charge is 2.33. The summed E-state index contributed by atoms with van der Waals surface area (Å²) in [5.74, 6) is 0. The van der Waals surface area contributed by atoms with Crippen molar-refractivity contribution >= 4 is 0 Å². The summed E-state index contributed by atoms with van der Waals surface area (Å²) in [4.78, 5) is 0. The average molecular weight is 261 g/mol. The van der Waals surface area contributed by atoms with Crippen LogP contribution in [0.3, 0.4) is 0 Å². The molecule has 0 aliphatic heterocycles. The highest BCUT2D eigenvalue weighted by Crippen LogP contribution is 2.28. The number of hydrogen-bond acceptors (Lipinski definition) is 2. The second-order valence-electron chi connectivity index (χ2n) is 4.31. The molecule has 0 aromatic heterocycles.